The van der Waals surface area contributed by atoms with Gasteiger partial charge in [-0.15, -0.1) is 11.3 Å². The summed E-state index contributed by atoms with van der Waals surface area (Å²) in [5, 5.41) is 4.80. The smallest absolute Gasteiger partial charge is 0.243 e. The second-order valence-corrected chi connectivity index (χ2v) is 7.11. The van der Waals surface area contributed by atoms with Gasteiger partial charge in [0.2, 0.25) is 10.0 Å². The molecule has 0 bridgehead atoms. The van der Waals surface area contributed by atoms with E-state index in [2.05, 4.69) is 10.3 Å². The molecule has 0 spiro atoms. The highest BCUT2D eigenvalue weighted by Crippen LogP contribution is 2.21. The summed E-state index contributed by atoms with van der Waals surface area (Å²) in [6.07, 6.45) is 1.50. The fourth-order valence-corrected chi connectivity index (χ4v) is 4.04. The summed E-state index contributed by atoms with van der Waals surface area (Å²) in [6.45, 7) is 2.66. The van der Waals surface area contributed by atoms with Crippen molar-refractivity contribution < 1.29 is 8.42 Å². The lowest BCUT2D eigenvalue weighted by Gasteiger charge is -2.20. The van der Waals surface area contributed by atoms with E-state index in [0.717, 1.165) is 4.88 Å². The topological polar surface area (TPSA) is 62.3 Å². The minimum atomic E-state index is -3.50. The van der Waals surface area contributed by atoms with Crippen LogP contribution in [0.3, 0.4) is 0 Å². The van der Waals surface area contributed by atoms with E-state index >= 15 is 0 Å². The summed E-state index contributed by atoms with van der Waals surface area (Å²) in [6, 6.07) is 6.93. The predicted molar refractivity (Wildman–Crippen MR) is 81.4 cm³/mol. The van der Waals surface area contributed by atoms with E-state index in [9.17, 15) is 8.42 Å². The molecule has 0 saturated carbocycles. The molecule has 0 aromatic carbocycles. The van der Waals surface area contributed by atoms with E-state index in [1.807, 2.05) is 24.4 Å². The number of anilines is 1. The van der Waals surface area contributed by atoms with E-state index < -0.39 is 10.0 Å². The van der Waals surface area contributed by atoms with Crippen LogP contribution in [0.4, 0.5) is 5.82 Å². The molecule has 0 fully saturated rings. The molecule has 0 saturated heterocycles. The maximum atomic E-state index is 12.6. The number of thiophene rings is 1. The molecule has 0 amide bonds. The number of nitrogens with one attached hydrogen (secondary N) is 1. The van der Waals surface area contributed by atoms with Gasteiger partial charge in [0.15, 0.2) is 0 Å². The van der Waals surface area contributed by atoms with Crippen molar-refractivity contribution in [2.75, 3.05) is 18.9 Å². The number of sulfonamides is 1. The number of nitrogens with zero attached hydrogens (tertiary/aromatic N) is 2. The average Bonchev–Trinajstić information content (AvgIpc) is 2.97. The van der Waals surface area contributed by atoms with Gasteiger partial charge in [-0.25, -0.2) is 13.4 Å². The molecular formula is C13H17N3O2S2. The highest BCUT2D eigenvalue weighted by Gasteiger charge is 2.23. The molecule has 0 atom stereocenters. The van der Waals surface area contributed by atoms with Crippen molar-refractivity contribution in [3.05, 3.63) is 40.7 Å². The van der Waals surface area contributed by atoms with Crippen LogP contribution in [0.5, 0.6) is 0 Å². The molecule has 20 heavy (non-hydrogen) atoms. The average molecular weight is 311 g/mol. The Morgan fingerprint density at radius 1 is 1.40 bits per heavy atom. The molecule has 0 aliphatic rings. The third kappa shape index (κ3) is 3.17. The van der Waals surface area contributed by atoms with Gasteiger partial charge >= 0.3 is 0 Å². The Bertz CT molecular complexity index is 654. The maximum Gasteiger partial charge on any atom is 0.243 e. The van der Waals surface area contributed by atoms with Gasteiger partial charge in [0.1, 0.15) is 5.82 Å². The van der Waals surface area contributed by atoms with Crippen LogP contribution in [0.2, 0.25) is 0 Å². The molecule has 7 heteroatoms. The summed E-state index contributed by atoms with van der Waals surface area (Å²) in [7, 11) is -1.79. The predicted octanol–water partition coefficient (Wildman–Crippen LogP) is 2.40. The molecule has 1 N–H and O–H groups in total. The van der Waals surface area contributed by atoms with Crippen LogP contribution >= 0.6 is 11.3 Å². The van der Waals surface area contributed by atoms with Crippen LogP contribution in [-0.2, 0) is 16.6 Å². The second-order valence-electron chi connectivity index (χ2n) is 4.14. The Morgan fingerprint density at radius 3 is 2.80 bits per heavy atom. The van der Waals surface area contributed by atoms with E-state index in [4.69, 9.17) is 0 Å². The Labute approximate surface area is 123 Å². The zero-order valence-corrected chi connectivity index (χ0v) is 13.0. The van der Waals surface area contributed by atoms with Gasteiger partial charge in [-0.2, -0.15) is 4.31 Å². The number of aromatic nitrogens is 1. The number of hydrogen-bond acceptors (Lipinski definition) is 5. The van der Waals surface area contributed by atoms with Gasteiger partial charge in [0, 0.05) is 37.3 Å². The lowest BCUT2D eigenvalue weighted by atomic mass is 10.4. The zero-order chi connectivity index (χ0) is 14.6. The lowest BCUT2D eigenvalue weighted by Crippen LogP contribution is -2.30. The molecule has 0 unspecified atom stereocenters. The van der Waals surface area contributed by atoms with E-state index in [1.165, 1.54) is 16.6 Å². The normalized spacial score (nSPS) is 11.8. The highest BCUT2D eigenvalue weighted by molar-refractivity contribution is 7.89. The fourth-order valence-electron chi connectivity index (χ4n) is 1.80. The Balaban J connectivity index is 2.31. The number of hydrogen-bond donors (Lipinski definition) is 1. The molecule has 2 heterocycles. The van der Waals surface area contributed by atoms with Gasteiger partial charge < -0.3 is 5.32 Å². The maximum absolute atomic E-state index is 12.6. The minimum Gasteiger partial charge on any atom is -0.373 e. The zero-order valence-electron chi connectivity index (χ0n) is 11.4. The molecule has 2 aromatic heterocycles. The van der Waals surface area contributed by atoms with E-state index in [0.29, 0.717) is 18.9 Å². The van der Waals surface area contributed by atoms with Crippen molar-refractivity contribution in [3.8, 4) is 0 Å². The van der Waals surface area contributed by atoms with Crippen molar-refractivity contribution in [2.24, 2.45) is 0 Å². The highest BCUT2D eigenvalue weighted by atomic mass is 32.2. The third-order valence-corrected chi connectivity index (χ3v) is 5.67. The number of rotatable bonds is 6. The molecule has 2 aromatic rings. The van der Waals surface area contributed by atoms with Crippen LogP contribution in [0.1, 0.15) is 11.8 Å². The molecule has 0 aliphatic heterocycles. The second kappa shape index (κ2) is 6.34. The van der Waals surface area contributed by atoms with E-state index in [1.54, 1.807) is 24.5 Å². The number of pyridine rings is 1. The van der Waals surface area contributed by atoms with Gasteiger partial charge in [0.25, 0.3) is 0 Å². The largest absolute Gasteiger partial charge is 0.373 e. The molecule has 0 radical (unpaired) electrons. The van der Waals surface area contributed by atoms with Crippen molar-refractivity contribution in [1.82, 2.24) is 9.29 Å². The Hall–Kier alpha value is -1.44. The van der Waals surface area contributed by atoms with Crippen molar-refractivity contribution in [2.45, 2.75) is 18.4 Å². The molecule has 2 rings (SSSR count). The van der Waals surface area contributed by atoms with Gasteiger partial charge in [-0.3, -0.25) is 0 Å². The Kier molecular flexibility index (Phi) is 4.74. The van der Waals surface area contributed by atoms with Gasteiger partial charge in [-0.05, 0) is 17.5 Å². The monoisotopic (exact) mass is 311 g/mol. The first-order chi connectivity index (χ1) is 9.57. The first-order valence-electron chi connectivity index (χ1n) is 6.24. The summed E-state index contributed by atoms with van der Waals surface area (Å²) in [5.41, 5.74) is 0. The SMILES string of the molecule is CCN(Cc1cccs1)S(=O)(=O)c1ccnc(NC)c1. The van der Waals surface area contributed by atoms with Crippen LogP contribution in [0, 0.1) is 0 Å². The van der Waals surface area contributed by atoms with Crippen LogP contribution < -0.4 is 5.32 Å². The minimum absolute atomic E-state index is 0.259. The standard InChI is InChI=1S/C13H17N3O2S2/c1-3-16(10-11-5-4-8-19-11)20(17,18)12-6-7-15-13(9-12)14-2/h4-9H,3,10H2,1-2H3,(H,14,15). The first-order valence-corrected chi connectivity index (χ1v) is 8.56. The summed E-state index contributed by atoms with van der Waals surface area (Å²) >= 11 is 1.55. The van der Waals surface area contributed by atoms with Crippen LogP contribution in [0.15, 0.2) is 40.7 Å². The quantitative estimate of drug-likeness (QED) is 0.890. The summed E-state index contributed by atoms with van der Waals surface area (Å²) in [4.78, 5) is 5.33. The van der Waals surface area contributed by atoms with Crippen molar-refractivity contribution in [3.63, 3.8) is 0 Å². The van der Waals surface area contributed by atoms with Crippen LogP contribution in [-0.4, -0.2) is 31.3 Å². The molecule has 0 aliphatic carbocycles. The van der Waals surface area contributed by atoms with Gasteiger partial charge in [0.05, 0.1) is 4.90 Å². The summed E-state index contributed by atoms with van der Waals surface area (Å²) in [5.74, 6) is 0.540. The summed E-state index contributed by atoms with van der Waals surface area (Å²) < 4.78 is 26.7. The fraction of sp³-hybridized carbons (Fsp3) is 0.308. The first kappa shape index (κ1) is 15.0. The van der Waals surface area contributed by atoms with Crippen LogP contribution in [0.25, 0.3) is 0 Å². The molecule has 108 valence electrons. The van der Waals surface area contributed by atoms with Crippen molar-refractivity contribution >= 4 is 27.2 Å². The van der Waals surface area contributed by atoms with Crippen molar-refractivity contribution in [1.29, 1.82) is 0 Å². The van der Waals surface area contributed by atoms with Gasteiger partial charge in [-0.1, -0.05) is 13.0 Å². The molecule has 5 nitrogen and oxygen atoms in total. The third-order valence-electron chi connectivity index (χ3n) is 2.89. The lowest BCUT2D eigenvalue weighted by molar-refractivity contribution is 0.426. The molecular weight excluding hydrogens is 294 g/mol. The Morgan fingerprint density at radius 2 is 2.20 bits per heavy atom. The van der Waals surface area contributed by atoms with E-state index in [-0.39, 0.29) is 4.90 Å².